The molecule has 2 nitrogen and oxygen atoms in total. The molecule has 0 aliphatic heterocycles. The van der Waals surface area contributed by atoms with Crippen molar-refractivity contribution in [3.05, 3.63) is 50.3 Å². The molecule has 0 bridgehead atoms. The van der Waals surface area contributed by atoms with E-state index in [1.807, 2.05) is 24.3 Å². The van der Waals surface area contributed by atoms with Gasteiger partial charge in [-0.15, -0.1) is 0 Å². The van der Waals surface area contributed by atoms with Gasteiger partial charge >= 0.3 is 0 Å². The summed E-state index contributed by atoms with van der Waals surface area (Å²) >= 11 is 5.57. The fraction of sp³-hybridized carbons (Fsp3) is 0. The number of imidazole rings is 1. The Bertz CT molecular complexity index is 706. The minimum Gasteiger partial charge on any atom is -0.338 e. The van der Waals surface area contributed by atoms with Crippen molar-refractivity contribution in [3.63, 3.8) is 0 Å². The van der Waals surface area contributed by atoms with Gasteiger partial charge in [0.25, 0.3) is 0 Å². The van der Waals surface area contributed by atoms with Crippen LogP contribution < -0.4 is 0 Å². The molecule has 1 heterocycles. The van der Waals surface area contributed by atoms with Crippen molar-refractivity contribution in [2.24, 2.45) is 0 Å². The Hall–Kier alpha value is -0.950. The minimum absolute atomic E-state index is 0.266. The number of para-hydroxylation sites is 2. The van der Waals surface area contributed by atoms with Crippen LogP contribution in [0, 0.1) is 9.39 Å². The quantitative estimate of drug-likeness (QED) is 0.450. The second-order valence-corrected chi connectivity index (χ2v) is 5.81. The zero-order chi connectivity index (χ0) is 12.7. The molecule has 0 aliphatic carbocycles. The van der Waals surface area contributed by atoms with Crippen molar-refractivity contribution in [2.75, 3.05) is 0 Å². The first-order valence-electron chi connectivity index (χ1n) is 5.25. The second kappa shape index (κ2) is 4.62. The number of H-pyrrole nitrogens is 1. The first-order valence-corrected chi connectivity index (χ1v) is 7.12. The average Bonchev–Trinajstić information content (AvgIpc) is 2.77. The molecule has 2 aromatic carbocycles. The third-order valence-corrected chi connectivity index (χ3v) is 5.08. The molecule has 0 aliphatic rings. The maximum absolute atomic E-state index is 13.5. The van der Waals surface area contributed by atoms with Gasteiger partial charge in [-0.1, -0.05) is 12.1 Å². The Morgan fingerprint density at radius 3 is 2.78 bits per heavy atom. The van der Waals surface area contributed by atoms with Gasteiger partial charge in [0.2, 0.25) is 0 Å². The van der Waals surface area contributed by atoms with Crippen LogP contribution in [0.5, 0.6) is 0 Å². The topological polar surface area (TPSA) is 28.7 Å². The van der Waals surface area contributed by atoms with Crippen LogP contribution in [0.2, 0.25) is 0 Å². The van der Waals surface area contributed by atoms with Crippen molar-refractivity contribution in [2.45, 2.75) is 0 Å². The van der Waals surface area contributed by atoms with E-state index in [9.17, 15) is 4.39 Å². The largest absolute Gasteiger partial charge is 0.338 e. The lowest BCUT2D eigenvalue weighted by molar-refractivity contribution is 0.627. The van der Waals surface area contributed by atoms with E-state index in [1.165, 1.54) is 12.1 Å². The molecule has 0 saturated carbocycles. The molecule has 0 atom stereocenters. The SMILES string of the molecule is Fc1cc(I)c(Br)c(-c2nc3ccccc3[nH]2)c1. The Balaban J connectivity index is 2.26. The Morgan fingerprint density at radius 1 is 1.22 bits per heavy atom. The van der Waals surface area contributed by atoms with Crippen LogP contribution in [0.3, 0.4) is 0 Å². The summed E-state index contributed by atoms with van der Waals surface area (Å²) in [6.07, 6.45) is 0. The molecular formula is C13H7BrFIN2. The van der Waals surface area contributed by atoms with Gasteiger partial charge in [0, 0.05) is 13.6 Å². The third-order valence-electron chi connectivity index (χ3n) is 2.64. The van der Waals surface area contributed by atoms with E-state index < -0.39 is 0 Å². The summed E-state index contributed by atoms with van der Waals surface area (Å²) in [6, 6.07) is 10.7. The van der Waals surface area contributed by atoms with Crippen LogP contribution in [0.1, 0.15) is 0 Å². The zero-order valence-corrected chi connectivity index (χ0v) is 12.8. The second-order valence-electron chi connectivity index (χ2n) is 3.85. The number of nitrogens with one attached hydrogen (secondary N) is 1. The summed E-state index contributed by atoms with van der Waals surface area (Å²) in [5.41, 5.74) is 2.55. The molecule has 3 aromatic rings. The number of halogens is 3. The van der Waals surface area contributed by atoms with Crippen LogP contribution in [0.15, 0.2) is 40.9 Å². The Kier molecular flexibility index (Phi) is 3.11. The summed E-state index contributed by atoms with van der Waals surface area (Å²) in [5.74, 6) is 0.401. The van der Waals surface area contributed by atoms with Gasteiger partial charge in [-0.3, -0.25) is 0 Å². The highest BCUT2D eigenvalue weighted by molar-refractivity contribution is 14.1. The van der Waals surface area contributed by atoms with Crippen molar-refractivity contribution < 1.29 is 4.39 Å². The normalized spacial score (nSPS) is 11.1. The lowest BCUT2D eigenvalue weighted by Gasteiger charge is -2.03. The summed E-state index contributed by atoms with van der Waals surface area (Å²) in [5, 5.41) is 0. The van der Waals surface area contributed by atoms with E-state index in [0.717, 1.165) is 24.6 Å². The molecule has 5 heteroatoms. The van der Waals surface area contributed by atoms with Crippen molar-refractivity contribution in [1.82, 2.24) is 9.97 Å². The lowest BCUT2D eigenvalue weighted by Crippen LogP contribution is -1.88. The predicted octanol–water partition coefficient (Wildman–Crippen LogP) is 4.74. The van der Waals surface area contributed by atoms with E-state index in [-0.39, 0.29) is 5.82 Å². The number of aromatic nitrogens is 2. The first kappa shape index (κ1) is 12.1. The highest BCUT2D eigenvalue weighted by Crippen LogP contribution is 2.32. The van der Waals surface area contributed by atoms with Crippen LogP contribution in [0.4, 0.5) is 4.39 Å². The standard InChI is InChI=1S/C13H7BrFIN2/c14-12-8(5-7(15)6-9(12)16)13-17-10-3-1-2-4-11(10)18-13/h1-6H,(H,17,18). The smallest absolute Gasteiger partial charge is 0.139 e. The molecule has 0 unspecified atom stereocenters. The molecule has 1 aromatic heterocycles. The molecule has 1 N–H and O–H groups in total. The maximum atomic E-state index is 13.5. The van der Waals surface area contributed by atoms with E-state index in [2.05, 4.69) is 48.5 Å². The zero-order valence-electron chi connectivity index (χ0n) is 9.05. The fourth-order valence-electron chi connectivity index (χ4n) is 1.81. The molecule has 0 radical (unpaired) electrons. The number of nitrogens with zero attached hydrogens (tertiary/aromatic N) is 1. The molecule has 18 heavy (non-hydrogen) atoms. The van der Waals surface area contributed by atoms with Crippen molar-refractivity contribution in [1.29, 1.82) is 0 Å². The van der Waals surface area contributed by atoms with Gasteiger partial charge in [0.05, 0.1) is 11.0 Å². The molecule has 3 rings (SSSR count). The number of rotatable bonds is 1. The van der Waals surface area contributed by atoms with E-state index in [1.54, 1.807) is 0 Å². The highest BCUT2D eigenvalue weighted by atomic mass is 127. The van der Waals surface area contributed by atoms with Gasteiger partial charge in [0.15, 0.2) is 0 Å². The summed E-state index contributed by atoms with van der Waals surface area (Å²) < 4.78 is 15.2. The van der Waals surface area contributed by atoms with Crippen molar-refractivity contribution >= 4 is 49.6 Å². The lowest BCUT2D eigenvalue weighted by atomic mass is 10.2. The van der Waals surface area contributed by atoms with Crippen LogP contribution in [0.25, 0.3) is 22.4 Å². The highest BCUT2D eigenvalue weighted by Gasteiger charge is 2.12. The minimum atomic E-state index is -0.266. The van der Waals surface area contributed by atoms with E-state index in [0.29, 0.717) is 5.82 Å². The molecule has 0 fully saturated rings. The average molecular weight is 417 g/mol. The number of benzene rings is 2. The van der Waals surface area contributed by atoms with Crippen LogP contribution >= 0.6 is 38.5 Å². The van der Waals surface area contributed by atoms with Crippen LogP contribution in [-0.2, 0) is 0 Å². The Morgan fingerprint density at radius 2 is 2.00 bits per heavy atom. The maximum Gasteiger partial charge on any atom is 0.139 e. The monoisotopic (exact) mass is 416 g/mol. The predicted molar refractivity (Wildman–Crippen MR) is 81.9 cm³/mol. The Labute approximate surface area is 125 Å². The van der Waals surface area contributed by atoms with E-state index in [4.69, 9.17) is 0 Å². The van der Waals surface area contributed by atoms with Gasteiger partial charge in [-0.2, -0.15) is 0 Å². The number of fused-ring (bicyclic) bond motifs is 1. The van der Waals surface area contributed by atoms with Gasteiger partial charge in [0.1, 0.15) is 11.6 Å². The van der Waals surface area contributed by atoms with Gasteiger partial charge < -0.3 is 4.98 Å². The van der Waals surface area contributed by atoms with Gasteiger partial charge in [-0.25, -0.2) is 9.37 Å². The molecule has 0 saturated heterocycles. The molecule has 0 amide bonds. The third kappa shape index (κ3) is 2.05. The fourth-order valence-corrected chi connectivity index (χ4v) is 2.81. The number of hydrogen-bond donors (Lipinski definition) is 1. The number of aromatic amines is 1. The summed E-state index contributed by atoms with van der Waals surface area (Å²) in [6.45, 7) is 0. The summed E-state index contributed by atoms with van der Waals surface area (Å²) in [4.78, 5) is 7.67. The molecule has 0 spiro atoms. The van der Waals surface area contributed by atoms with E-state index >= 15 is 0 Å². The molecule has 90 valence electrons. The van der Waals surface area contributed by atoms with Gasteiger partial charge in [-0.05, 0) is 62.8 Å². The summed E-state index contributed by atoms with van der Waals surface area (Å²) in [7, 11) is 0. The van der Waals surface area contributed by atoms with Crippen LogP contribution in [-0.4, -0.2) is 9.97 Å². The first-order chi connectivity index (χ1) is 8.65. The molecular weight excluding hydrogens is 410 g/mol. The number of hydrogen-bond acceptors (Lipinski definition) is 1. The van der Waals surface area contributed by atoms with Crippen molar-refractivity contribution in [3.8, 4) is 11.4 Å².